The van der Waals surface area contributed by atoms with E-state index in [4.69, 9.17) is 27.9 Å². The van der Waals surface area contributed by atoms with Gasteiger partial charge in [-0.1, -0.05) is 81.2 Å². The maximum absolute atomic E-state index is 12.4. The molecule has 10 heteroatoms. The number of hydrogen-bond acceptors (Lipinski definition) is 5. The van der Waals surface area contributed by atoms with Crippen molar-refractivity contribution in [2.75, 3.05) is 6.61 Å². The first-order valence-corrected chi connectivity index (χ1v) is 12.7. The van der Waals surface area contributed by atoms with Crippen LogP contribution in [0.15, 0.2) is 82.4 Å². The summed E-state index contributed by atoms with van der Waals surface area (Å²) in [6.07, 6.45) is 0. The highest BCUT2D eigenvalue weighted by Gasteiger charge is 2.16. The van der Waals surface area contributed by atoms with E-state index in [2.05, 4.69) is 43.6 Å². The molecule has 0 aliphatic heterocycles. The average Bonchev–Trinajstić information content (AvgIpc) is 3.25. The van der Waals surface area contributed by atoms with Crippen LogP contribution in [0.5, 0.6) is 5.75 Å². The summed E-state index contributed by atoms with van der Waals surface area (Å²) in [6, 6.07) is 22.8. The van der Waals surface area contributed by atoms with Gasteiger partial charge in [-0.2, -0.15) is 0 Å². The van der Waals surface area contributed by atoms with Gasteiger partial charge in [-0.25, -0.2) is 0 Å². The lowest BCUT2D eigenvalue weighted by Crippen LogP contribution is -2.29. The third-order valence-electron chi connectivity index (χ3n) is 4.69. The molecule has 1 amide bonds. The zero-order valence-corrected chi connectivity index (χ0v) is 21.7. The molecule has 0 spiro atoms. The zero-order valence-electron chi connectivity index (χ0n) is 17.7. The largest absolute Gasteiger partial charge is 0.482 e. The zero-order chi connectivity index (χ0) is 23.9. The van der Waals surface area contributed by atoms with E-state index in [0.29, 0.717) is 21.6 Å². The Balaban J connectivity index is 1.43. The maximum Gasteiger partial charge on any atom is 0.258 e. The van der Waals surface area contributed by atoms with Gasteiger partial charge < -0.3 is 10.1 Å². The van der Waals surface area contributed by atoms with Gasteiger partial charge in [0, 0.05) is 20.9 Å². The van der Waals surface area contributed by atoms with Crippen molar-refractivity contribution in [2.45, 2.75) is 17.5 Å². The Morgan fingerprint density at radius 3 is 2.53 bits per heavy atom. The predicted octanol–water partition coefficient (Wildman–Crippen LogP) is 6.32. The second-order valence-electron chi connectivity index (χ2n) is 7.13. The van der Waals surface area contributed by atoms with Crippen molar-refractivity contribution < 1.29 is 9.53 Å². The number of benzene rings is 3. The fourth-order valence-corrected chi connectivity index (χ4v) is 4.69. The van der Waals surface area contributed by atoms with Gasteiger partial charge in [0.2, 0.25) is 0 Å². The van der Waals surface area contributed by atoms with E-state index in [1.165, 1.54) is 5.56 Å². The quantitative estimate of drug-likeness (QED) is 0.236. The molecule has 6 nitrogen and oxygen atoms in total. The van der Waals surface area contributed by atoms with Crippen LogP contribution >= 0.6 is 50.9 Å². The number of aromatic nitrogens is 3. The monoisotopic (exact) mass is 576 g/mol. The van der Waals surface area contributed by atoms with E-state index in [-0.39, 0.29) is 19.1 Å². The first-order chi connectivity index (χ1) is 16.5. The molecule has 0 saturated carbocycles. The molecule has 4 aromatic rings. The summed E-state index contributed by atoms with van der Waals surface area (Å²) in [4.78, 5) is 12.4. The number of rotatable bonds is 9. The molecule has 4 rings (SSSR count). The van der Waals surface area contributed by atoms with Crippen LogP contribution in [0, 0.1) is 0 Å². The van der Waals surface area contributed by atoms with Crippen LogP contribution < -0.4 is 10.1 Å². The third-order valence-corrected chi connectivity index (χ3v) is 6.75. The fourth-order valence-electron chi connectivity index (χ4n) is 3.04. The molecule has 34 heavy (non-hydrogen) atoms. The van der Waals surface area contributed by atoms with E-state index < -0.39 is 0 Å². The van der Waals surface area contributed by atoms with Crippen LogP contribution in [0.1, 0.15) is 11.4 Å². The Kier molecular flexibility index (Phi) is 8.50. The van der Waals surface area contributed by atoms with Crippen molar-refractivity contribution >= 4 is 56.8 Å². The molecule has 0 atom stereocenters. The Morgan fingerprint density at radius 2 is 1.79 bits per heavy atom. The summed E-state index contributed by atoms with van der Waals surface area (Å²) in [5, 5.41) is 13.1. The van der Waals surface area contributed by atoms with Crippen molar-refractivity contribution in [1.82, 2.24) is 20.1 Å². The topological polar surface area (TPSA) is 69.0 Å². The number of ether oxygens (including phenoxy) is 1. The summed E-state index contributed by atoms with van der Waals surface area (Å²) < 4.78 is 8.49. The van der Waals surface area contributed by atoms with Crippen LogP contribution in [0.2, 0.25) is 10.0 Å². The first kappa shape index (κ1) is 24.6. The van der Waals surface area contributed by atoms with Crippen LogP contribution in [0.3, 0.4) is 0 Å². The molecule has 1 aromatic heterocycles. The highest BCUT2D eigenvalue weighted by Crippen LogP contribution is 2.28. The molecule has 1 heterocycles. The van der Waals surface area contributed by atoms with Crippen LogP contribution in [0.25, 0.3) is 5.69 Å². The van der Waals surface area contributed by atoms with Gasteiger partial charge in [0.15, 0.2) is 17.6 Å². The lowest BCUT2D eigenvalue weighted by atomic mass is 10.2. The summed E-state index contributed by atoms with van der Waals surface area (Å²) in [6.45, 7) is 0.00326. The molecule has 3 aromatic carbocycles. The molecule has 0 unspecified atom stereocenters. The highest BCUT2D eigenvalue weighted by molar-refractivity contribution is 9.10. The van der Waals surface area contributed by atoms with Gasteiger partial charge in [-0.3, -0.25) is 9.36 Å². The molecule has 0 radical (unpaired) electrons. The lowest BCUT2D eigenvalue weighted by molar-refractivity contribution is -0.123. The van der Waals surface area contributed by atoms with Gasteiger partial charge in [-0.15, -0.1) is 10.2 Å². The van der Waals surface area contributed by atoms with E-state index in [9.17, 15) is 4.79 Å². The molecule has 0 fully saturated rings. The normalized spacial score (nSPS) is 10.8. The lowest BCUT2D eigenvalue weighted by Gasteiger charge is -2.12. The van der Waals surface area contributed by atoms with Crippen LogP contribution in [0.4, 0.5) is 0 Å². The summed E-state index contributed by atoms with van der Waals surface area (Å²) in [7, 11) is 0. The Bertz CT molecular complexity index is 1270. The van der Waals surface area contributed by atoms with E-state index in [1.54, 1.807) is 30.0 Å². The van der Waals surface area contributed by atoms with E-state index >= 15 is 0 Å². The van der Waals surface area contributed by atoms with Crippen LogP contribution in [-0.4, -0.2) is 27.3 Å². The fraction of sp³-hybridized carbons (Fsp3) is 0.125. The molecule has 1 N–H and O–H groups in total. The number of nitrogens with zero attached hydrogens (tertiary/aromatic N) is 3. The molecular weight excluding hydrogens is 559 g/mol. The molecule has 0 aliphatic rings. The molecule has 0 saturated heterocycles. The van der Waals surface area contributed by atoms with Crippen LogP contribution in [-0.2, 0) is 17.1 Å². The number of carbonyl (C=O) groups excluding carboxylic acids is 1. The number of carbonyl (C=O) groups is 1. The van der Waals surface area contributed by atoms with E-state index in [1.807, 2.05) is 47.0 Å². The Hall–Kier alpha value is -2.52. The summed E-state index contributed by atoms with van der Waals surface area (Å²) in [5.41, 5.74) is 2.09. The van der Waals surface area contributed by atoms with E-state index in [0.717, 1.165) is 21.1 Å². The SMILES string of the molecule is O=C(COc1ccc(Cl)cc1Cl)NCc1nnc(SCc2ccc(Br)cc2)n1-c1ccccc1. The maximum atomic E-state index is 12.4. The third kappa shape index (κ3) is 6.54. The van der Waals surface area contributed by atoms with Crippen molar-refractivity contribution in [3.63, 3.8) is 0 Å². The number of hydrogen-bond donors (Lipinski definition) is 1. The first-order valence-electron chi connectivity index (χ1n) is 10.2. The Morgan fingerprint density at radius 1 is 1.03 bits per heavy atom. The minimum Gasteiger partial charge on any atom is -0.482 e. The number of amides is 1. The number of nitrogens with one attached hydrogen (secondary N) is 1. The average molecular weight is 578 g/mol. The van der Waals surface area contributed by atoms with Gasteiger partial charge in [0.1, 0.15) is 5.75 Å². The number of halogens is 3. The van der Waals surface area contributed by atoms with Crippen molar-refractivity contribution in [3.8, 4) is 11.4 Å². The standard InChI is InChI=1S/C24H19BrCl2N4O2S/c25-17-8-6-16(7-9-17)15-34-24-30-29-22(31(24)19-4-2-1-3-5-19)13-28-23(32)14-33-21-11-10-18(26)12-20(21)27/h1-12H,13-15H2,(H,28,32). The summed E-state index contributed by atoms with van der Waals surface area (Å²) >= 11 is 17.0. The molecule has 0 aliphatic carbocycles. The van der Waals surface area contributed by atoms with Gasteiger partial charge in [0.05, 0.1) is 11.6 Å². The number of thioether (sulfide) groups is 1. The minimum atomic E-state index is -0.308. The minimum absolute atomic E-state index is 0.188. The molecule has 0 bridgehead atoms. The smallest absolute Gasteiger partial charge is 0.258 e. The number of para-hydroxylation sites is 1. The second-order valence-corrected chi connectivity index (χ2v) is 9.83. The highest BCUT2D eigenvalue weighted by atomic mass is 79.9. The molecular formula is C24H19BrCl2N4O2S. The van der Waals surface area contributed by atoms with Crippen molar-refractivity contribution in [2.24, 2.45) is 0 Å². The van der Waals surface area contributed by atoms with Crippen molar-refractivity contribution in [1.29, 1.82) is 0 Å². The van der Waals surface area contributed by atoms with Gasteiger partial charge in [0.25, 0.3) is 5.91 Å². The summed E-state index contributed by atoms with van der Waals surface area (Å²) in [5.74, 6) is 1.43. The Labute approximate surface area is 219 Å². The van der Waals surface area contributed by atoms with Crippen molar-refractivity contribution in [3.05, 3.63) is 98.7 Å². The van der Waals surface area contributed by atoms with Gasteiger partial charge >= 0.3 is 0 Å². The molecule has 174 valence electrons. The van der Waals surface area contributed by atoms with Gasteiger partial charge in [-0.05, 0) is 48.0 Å². The predicted molar refractivity (Wildman–Crippen MR) is 139 cm³/mol. The second kappa shape index (κ2) is 11.8.